The van der Waals surface area contributed by atoms with Crippen molar-refractivity contribution >= 4 is 5.91 Å². The number of halogens is 3. The first kappa shape index (κ1) is 16.3. The van der Waals surface area contributed by atoms with E-state index in [2.05, 4.69) is 5.32 Å². The van der Waals surface area contributed by atoms with Crippen molar-refractivity contribution in [1.82, 2.24) is 10.2 Å². The second kappa shape index (κ2) is 6.51. The summed E-state index contributed by atoms with van der Waals surface area (Å²) in [5.74, 6) is 1.32. The van der Waals surface area contributed by atoms with Gasteiger partial charge in [-0.1, -0.05) is 12.1 Å². The van der Waals surface area contributed by atoms with E-state index in [1.807, 2.05) is 4.90 Å². The zero-order chi connectivity index (χ0) is 16.4. The molecule has 0 aromatic heterocycles. The smallest absolute Gasteiger partial charge is 0.342 e. The molecule has 2 aliphatic heterocycles. The Kier molecular flexibility index (Phi) is 4.62. The van der Waals surface area contributed by atoms with Crippen molar-refractivity contribution in [3.8, 4) is 0 Å². The van der Waals surface area contributed by atoms with Crippen molar-refractivity contribution in [2.75, 3.05) is 26.2 Å². The van der Waals surface area contributed by atoms with Gasteiger partial charge in [0, 0.05) is 13.1 Å². The predicted octanol–water partition coefficient (Wildman–Crippen LogP) is 2.71. The average Bonchev–Trinajstić information content (AvgIpc) is 2.85. The van der Waals surface area contributed by atoms with Crippen LogP contribution in [0.15, 0.2) is 24.3 Å². The number of alkyl halides is 3. The lowest BCUT2D eigenvalue weighted by Gasteiger charge is -2.21. The summed E-state index contributed by atoms with van der Waals surface area (Å²) in [6, 6.07) is 4.89. The van der Waals surface area contributed by atoms with Gasteiger partial charge in [0.1, 0.15) is 0 Å². The first-order valence-electron chi connectivity index (χ1n) is 8.08. The number of rotatable bonds is 2. The third-order valence-electron chi connectivity index (χ3n) is 5.01. The van der Waals surface area contributed by atoms with Crippen LogP contribution >= 0.6 is 0 Å². The highest BCUT2D eigenvalue weighted by Crippen LogP contribution is 2.30. The molecule has 0 radical (unpaired) electrons. The van der Waals surface area contributed by atoms with Crippen LogP contribution in [0.5, 0.6) is 0 Å². The summed E-state index contributed by atoms with van der Waals surface area (Å²) in [5.41, 5.74) is -0.0436. The molecule has 2 fully saturated rings. The molecule has 2 atom stereocenters. The van der Waals surface area contributed by atoms with Crippen molar-refractivity contribution in [3.63, 3.8) is 0 Å². The number of amides is 1. The maximum atomic E-state index is 12.6. The van der Waals surface area contributed by atoms with Crippen LogP contribution in [-0.4, -0.2) is 37.0 Å². The summed E-state index contributed by atoms with van der Waals surface area (Å²) in [6.45, 7) is 3.57. The minimum Gasteiger partial charge on any atom is -0.342 e. The highest BCUT2D eigenvalue weighted by molar-refractivity contribution is 5.78. The summed E-state index contributed by atoms with van der Waals surface area (Å²) >= 11 is 0. The molecule has 126 valence electrons. The molecule has 0 unspecified atom stereocenters. The molecule has 1 aromatic carbocycles. The van der Waals surface area contributed by atoms with Crippen LogP contribution in [0.3, 0.4) is 0 Å². The Labute approximate surface area is 133 Å². The largest absolute Gasteiger partial charge is 0.416 e. The van der Waals surface area contributed by atoms with Gasteiger partial charge in [-0.25, -0.2) is 0 Å². The molecular formula is C17H21F3N2O. The van der Waals surface area contributed by atoms with Gasteiger partial charge in [0.2, 0.25) is 5.91 Å². The molecule has 1 N–H and O–H groups in total. The molecule has 1 amide bonds. The number of carbonyl (C=O) groups excluding carboxylic acids is 1. The Morgan fingerprint density at radius 1 is 1.09 bits per heavy atom. The maximum Gasteiger partial charge on any atom is 0.416 e. The van der Waals surface area contributed by atoms with Gasteiger partial charge in [-0.05, 0) is 55.5 Å². The van der Waals surface area contributed by atoms with Crippen LogP contribution in [0, 0.1) is 11.8 Å². The molecule has 2 saturated heterocycles. The van der Waals surface area contributed by atoms with Crippen LogP contribution in [-0.2, 0) is 17.4 Å². The number of fused-ring (bicyclic) bond motifs is 1. The third-order valence-corrected chi connectivity index (χ3v) is 5.01. The van der Waals surface area contributed by atoms with E-state index < -0.39 is 11.7 Å². The Bertz CT molecular complexity index is 542. The molecule has 0 bridgehead atoms. The number of nitrogens with one attached hydrogen (secondary N) is 1. The summed E-state index contributed by atoms with van der Waals surface area (Å²) in [6.07, 6.45) is -2.14. The minimum absolute atomic E-state index is 0.0118. The second-order valence-corrected chi connectivity index (χ2v) is 6.51. The van der Waals surface area contributed by atoms with Crippen molar-refractivity contribution in [2.45, 2.75) is 25.4 Å². The average molecular weight is 326 g/mol. The fourth-order valence-corrected chi connectivity index (χ4v) is 3.57. The molecule has 0 saturated carbocycles. The van der Waals surface area contributed by atoms with Crippen LogP contribution in [0.4, 0.5) is 13.2 Å². The molecule has 23 heavy (non-hydrogen) atoms. The summed E-state index contributed by atoms with van der Waals surface area (Å²) < 4.78 is 37.7. The van der Waals surface area contributed by atoms with E-state index >= 15 is 0 Å². The topological polar surface area (TPSA) is 32.3 Å². The van der Waals surface area contributed by atoms with Crippen molar-refractivity contribution in [1.29, 1.82) is 0 Å². The van der Waals surface area contributed by atoms with Gasteiger partial charge in [-0.3, -0.25) is 4.79 Å². The third kappa shape index (κ3) is 3.86. The summed E-state index contributed by atoms with van der Waals surface area (Å²) in [7, 11) is 0. The molecule has 2 heterocycles. The number of hydrogen-bond donors (Lipinski definition) is 1. The van der Waals surface area contributed by atoms with E-state index in [1.54, 1.807) is 0 Å². The molecule has 3 nitrogen and oxygen atoms in total. The van der Waals surface area contributed by atoms with E-state index in [4.69, 9.17) is 0 Å². The van der Waals surface area contributed by atoms with Crippen molar-refractivity contribution in [3.05, 3.63) is 35.4 Å². The van der Waals surface area contributed by atoms with Gasteiger partial charge in [-0.2, -0.15) is 13.2 Å². The minimum atomic E-state index is -4.33. The van der Waals surface area contributed by atoms with Crippen molar-refractivity contribution < 1.29 is 18.0 Å². The van der Waals surface area contributed by atoms with Gasteiger partial charge in [0.15, 0.2) is 0 Å². The van der Waals surface area contributed by atoms with Gasteiger partial charge < -0.3 is 10.2 Å². The normalized spacial score (nSPS) is 25.1. The summed E-state index contributed by atoms with van der Waals surface area (Å²) in [5, 5.41) is 3.40. The molecule has 3 rings (SSSR count). The Hall–Kier alpha value is -1.56. The van der Waals surface area contributed by atoms with Crippen LogP contribution in [0.1, 0.15) is 24.0 Å². The molecule has 2 aliphatic rings. The van der Waals surface area contributed by atoms with E-state index in [-0.39, 0.29) is 12.3 Å². The van der Waals surface area contributed by atoms with Gasteiger partial charge in [0.05, 0.1) is 12.0 Å². The van der Waals surface area contributed by atoms with Gasteiger partial charge >= 0.3 is 6.18 Å². The monoisotopic (exact) mass is 326 g/mol. The summed E-state index contributed by atoms with van der Waals surface area (Å²) in [4.78, 5) is 14.3. The lowest BCUT2D eigenvalue weighted by molar-refractivity contribution is -0.137. The first-order chi connectivity index (χ1) is 10.9. The van der Waals surface area contributed by atoms with E-state index in [9.17, 15) is 18.0 Å². The SMILES string of the molecule is O=C(Cc1ccc(C(F)(F)F)cc1)N1CC[C@@H]2CNC[C@@H]2CC1. The Morgan fingerprint density at radius 2 is 1.65 bits per heavy atom. The molecule has 0 aliphatic carbocycles. The van der Waals surface area contributed by atoms with E-state index in [0.29, 0.717) is 17.4 Å². The highest BCUT2D eigenvalue weighted by atomic mass is 19.4. The fraction of sp³-hybridized carbons (Fsp3) is 0.588. The zero-order valence-electron chi connectivity index (χ0n) is 12.9. The molecule has 1 aromatic rings. The lowest BCUT2D eigenvalue weighted by atomic mass is 9.92. The predicted molar refractivity (Wildman–Crippen MR) is 80.8 cm³/mol. The first-order valence-corrected chi connectivity index (χ1v) is 8.08. The molecule has 0 spiro atoms. The van der Waals surface area contributed by atoms with Crippen LogP contribution in [0.25, 0.3) is 0 Å². The molecular weight excluding hydrogens is 305 g/mol. The number of carbonyl (C=O) groups is 1. The number of nitrogens with zero attached hydrogens (tertiary/aromatic N) is 1. The number of likely N-dealkylation sites (tertiary alicyclic amines) is 1. The van der Waals surface area contributed by atoms with E-state index in [1.165, 1.54) is 12.1 Å². The van der Waals surface area contributed by atoms with E-state index in [0.717, 1.165) is 51.2 Å². The fourth-order valence-electron chi connectivity index (χ4n) is 3.57. The van der Waals surface area contributed by atoms with Gasteiger partial charge in [0.25, 0.3) is 0 Å². The second-order valence-electron chi connectivity index (χ2n) is 6.51. The highest BCUT2D eigenvalue weighted by Gasteiger charge is 2.32. The number of hydrogen-bond acceptors (Lipinski definition) is 2. The Balaban J connectivity index is 1.58. The van der Waals surface area contributed by atoms with Crippen LogP contribution < -0.4 is 5.32 Å². The maximum absolute atomic E-state index is 12.6. The number of benzene rings is 1. The zero-order valence-corrected chi connectivity index (χ0v) is 12.9. The van der Waals surface area contributed by atoms with Crippen LogP contribution in [0.2, 0.25) is 0 Å². The standard InChI is InChI=1S/C17H21F3N2O/c18-17(19,20)15-3-1-12(2-4-15)9-16(23)22-7-5-13-10-21-11-14(13)6-8-22/h1-4,13-14,21H,5-11H2/t13-,14+. The van der Waals surface area contributed by atoms with Gasteiger partial charge in [-0.15, -0.1) is 0 Å². The molecule has 6 heteroatoms. The van der Waals surface area contributed by atoms with Crippen molar-refractivity contribution in [2.24, 2.45) is 11.8 Å². The quantitative estimate of drug-likeness (QED) is 0.906. The Morgan fingerprint density at radius 3 is 2.17 bits per heavy atom. The lowest BCUT2D eigenvalue weighted by Crippen LogP contribution is -2.33.